The van der Waals surface area contributed by atoms with Gasteiger partial charge in [-0.3, -0.25) is 4.79 Å². The van der Waals surface area contributed by atoms with Gasteiger partial charge in [-0.1, -0.05) is 48.0 Å². The molecule has 2 aromatic rings. The fraction of sp³-hybridized carbons (Fsp3) is 0.259. The fourth-order valence-corrected chi connectivity index (χ4v) is 4.49. The van der Waals surface area contributed by atoms with Gasteiger partial charge in [0.2, 0.25) is 0 Å². The van der Waals surface area contributed by atoms with Crippen molar-refractivity contribution in [3.8, 4) is 0 Å². The number of carbonyl (C=O) groups is 2. The molecular formula is C27H27ClF2N4O2. The lowest BCUT2D eigenvalue weighted by atomic mass is 10.0. The molecule has 1 aliphatic carbocycles. The molecule has 2 N–H and O–H groups in total. The van der Waals surface area contributed by atoms with E-state index in [1.807, 2.05) is 23.1 Å². The van der Waals surface area contributed by atoms with Crippen molar-refractivity contribution in [2.45, 2.75) is 19.4 Å². The number of hydrogen-bond acceptors (Lipinski definition) is 3. The minimum Gasteiger partial charge on any atom is -0.334 e. The molecule has 36 heavy (non-hydrogen) atoms. The van der Waals surface area contributed by atoms with Crippen molar-refractivity contribution in [1.82, 2.24) is 15.1 Å². The average molecular weight is 513 g/mol. The first-order valence-electron chi connectivity index (χ1n) is 11.7. The number of carbonyl (C=O) groups excluding carboxylic acids is 2. The molecule has 2 aliphatic rings. The zero-order valence-electron chi connectivity index (χ0n) is 19.9. The van der Waals surface area contributed by atoms with Gasteiger partial charge < -0.3 is 20.4 Å². The van der Waals surface area contributed by atoms with Crippen LogP contribution in [0.2, 0.25) is 5.02 Å². The summed E-state index contributed by atoms with van der Waals surface area (Å²) < 4.78 is 27.5. The molecule has 3 amide bonds. The smallest absolute Gasteiger partial charge is 0.319 e. The normalized spacial score (nSPS) is 16.2. The number of allylic oxidation sites excluding steroid dienone is 3. The van der Waals surface area contributed by atoms with Crippen LogP contribution in [0.25, 0.3) is 0 Å². The quantitative estimate of drug-likeness (QED) is 0.569. The summed E-state index contributed by atoms with van der Waals surface area (Å²) in [4.78, 5) is 29.8. The number of benzene rings is 2. The SMILES string of the molecule is CN1CCCN(C(=O)c2ccc(CNC(=O)Nc3c(F)cccc3F)c(Cl)c2)C2=C(C=CC=CC2)C1. The van der Waals surface area contributed by atoms with Gasteiger partial charge in [-0.05, 0) is 55.4 Å². The van der Waals surface area contributed by atoms with Gasteiger partial charge in [-0.2, -0.15) is 0 Å². The summed E-state index contributed by atoms with van der Waals surface area (Å²) in [7, 11) is 2.08. The Hall–Kier alpha value is -3.49. The van der Waals surface area contributed by atoms with Gasteiger partial charge in [-0.15, -0.1) is 0 Å². The first-order valence-corrected chi connectivity index (χ1v) is 12.0. The minimum absolute atomic E-state index is 0.0101. The van der Waals surface area contributed by atoms with E-state index in [2.05, 4.69) is 28.7 Å². The molecule has 0 aromatic heterocycles. The number of nitrogens with one attached hydrogen (secondary N) is 2. The third-order valence-electron chi connectivity index (χ3n) is 6.10. The summed E-state index contributed by atoms with van der Waals surface area (Å²) in [6.45, 7) is 2.25. The van der Waals surface area contributed by atoms with Crippen LogP contribution in [-0.2, 0) is 6.54 Å². The van der Waals surface area contributed by atoms with E-state index in [0.29, 0.717) is 29.1 Å². The number of para-hydroxylation sites is 1. The third kappa shape index (κ3) is 6.01. The maximum atomic E-state index is 13.8. The molecule has 0 saturated heterocycles. The topological polar surface area (TPSA) is 64.7 Å². The summed E-state index contributed by atoms with van der Waals surface area (Å²) in [6, 6.07) is 7.46. The lowest BCUT2D eigenvalue weighted by Crippen LogP contribution is -2.37. The lowest BCUT2D eigenvalue weighted by molar-refractivity contribution is 0.0791. The van der Waals surface area contributed by atoms with Crippen LogP contribution in [0.15, 0.2) is 72.0 Å². The van der Waals surface area contributed by atoms with Gasteiger partial charge in [-0.25, -0.2) is 13.6 Å². The second kappa shape index (κ2) is 11.5. The van der Waals surface area contributed by atoms with Crippen molar-refractivity contribution in [3.05, 3.63) is 99.8 Å². The van der Waals surface area contributed by atoms with E-state index in [0.717, 1.165) is 42.9 Å². The molecule has 9 heteroatoms. The Bertz CT molecular complexity index is 1240. The van der Waals surface area contributed by atoms with E-state index < -0.39 is 23.4 Å². The van der Waals surface area contributed by atoms with Crippen molar-refractivity contribution < 1.29 is 18.4 Å². The molecule has 4 rings (SSSR count). The number of hydrogen-bond donors (Lipinski definition) is 2. The summed E-state index contributed by atoms with van der Waals surface area (Å²) in [5.41, 5.74) is 2.57. The zero-order valence-corrected chi connectivity index (χ0v) is 20.6. The Labute approximate surface area is 213 Å². The van der Waals surface area contributed by atoms with Crippen molar-refractivity contribution in [2.24, 2.45) is 0 Å². The number of halogens is 3. The van der Waals surface area contributed by atoms with Crippen LogP contribution in [0.4, 0.5) is 19.3 Å². The van der Waals surface area contributed by atoms with E-state index in [1.54, 1.807) is 18.2 Å². The first-order chi connectivity index (χ1) is 17.3. The molecular weight excluding hydrogens is 486 g/mol. The summed E-state index contributed by atoms with van der Waals surface area (Å²) in [5.74, 6) is -1.88. The number of anilines is 1. The van der Waals surface area contributed by atoms with Crippen molar-refractivity contribution in [2.75, 3.05) is 32.0 Å². The van der Waals surface area contributed by atoms with Gasteiger partial charge >= 0.3 is 6.03 Å². The van der Waals surface area contributed by atoms with E-state index in [1.165, 1.54) is 6.07 Å². The number of urea groups is 1. The van der Waals surface area contributed by atoms with E-state index in [4.69, 9.17) is 11.6 Å². The molecule has 2 aromatic carbocycles. The molecule has 0 saturated carbocycles. The van der Waals surface area contributed by atoms with E-state index >= 15 is 0 Å². The maximum absolute atomic E-state index is 13.8. The standard InChI is InChI=1S/C27H27ClF2N4O2/c1-33-13-6-14-34(24-10-4-2-3-7-20(24)17-33)26(35)18-11-12-19(21(28)15-18)16-31-27(36)32-25-22(29)8-5-9-23(25)30/h2-5,7-9,11-12,15H,6,10,13-14,16-17H2,1H3,(H2,31,32,36). The number of likely N-dealkylation sites (N-methyl/N-ethyl adjacent to an activating group) is 1. The number of rotatable bonds is 4. The van der Waals surface area contributed by atoms with E-state index in [-0.39, 0.29) is 12.5 Å². The van der Waals surface area contributed by atoms with Gasteiger partial charge in [0.25, 0.3) is 5.91 Å². The summed E-state index contributed by atoms with van der Waals surface area (Å²) in [5, 5.41) is 5.00. The molecule has 1 aliphatic heterocycles. The van der Waals surface area contributed by atoms with Gasteiger partial charge in [0, 0.05) is 42.3 Å². The zero-order chi connectivity index (χ0) is 25.7. The lowest BCUT2D eigenvalue weighted by Gasteiger charge is -2.32. The van der Waals surface area contributed by atoms with Crippen LogP contribution in [0, 0.1) is 11.6 Å². The van der Waals surface area contributed by atoms with Crippen molar-refractivity contribution in [1.29, 1.82) is 0 Å². The molecule has 0 bridgehead atoms. The molecule has 188 valence electrons. The summed E-state index contributed by atoms with van der Waals surface area (Å²) in [6.07, 6.45) is 9.59. The van der Waals surface area contributed by atoms with Crippen LogP contribution in [0.1, 0.15) is 28.8 Å². The molecule has 0 atom stereocenters. The first kappa shape index (κ1) is 25.6. The van der Waals surface area contributed by atoms with Gasteiger partial charge in [0.1, 0.15) is 17.3 Å². The second-order valence-electron chi connectivity index (χ2n) is 8.72. The van der Waals surface area contributed by atoms with Crippen LogP contribution >= 0.6 is 11.6 Å². The van der Waals surface area contributed by atoms with Gasteiger partial charge in [0.05, 0.1) is 0 Å². The Morgan fingerprint density at radius 2 is 1.86 bits per heavy atom. The average Bonchev–Trinajstić information content (AvgIpc) is 3.06. The molecule has 0 fully saturated rings. The predicted octanol–water partition coefficient (Wildman–Crippen LogP) is 5.49. The second-order valence-corrected chi connectivity index (χ2v) is 9.13. The molecule has 0 spiro atoms. The highest BCUT2D eigenvalue weighted by atomic mass is 35.5. The highest BCUT2D eigenvalue weighted by molar-refractivity contribution is 6.31. The fourth-order valence-electron chi connectivity index (χ4n) is 4.24. The predicted molar refractivity (Wildman–Crippen MR) is 137 cm³/mol. The summed E-state index contributed by atoms with van der Waals surface area (Å²) >= 11 is 6.44. The number of nitrogens with zero attached hydrogens (tertiary/aromatic N) is 2. The molecule has 0 unspecified atom stereocenters. The van der Waals surface area contributed by atoms with Crippen LogP contribution in [0.5, 0.6) is 0 Å². The van der Waals surface area contributed by atoms with Crippen molar-refractivity contribution >= 4 is 29.2 Å². The highest BCUT2D eigenvalue weighted by Crippen LogP contribution is 2.26. The van der Waals surface area contributed by atoms with Gasteiger partial charge in [0.15, 0.2) is 0 Å². The Morgan fingerprint density at radius 1 is 1.08 bits per heavy atom. The largest absolute Gasteiger partial charge is 0.334 e. The molecule has 0 radical (unpaired) electrons. The number of amides is 3. The Kier molecular flexibility index (Phi) is 8.18. The maximum Gasteiger partial charge on any atom is 0.319 e. The molecule has 1 heterocycles. The minimum atomic E-state index is -0.875. The van der Waals surface area contributed by atoms with Crippen LogP contribution < -0.4 is 10.6 Å². The van der Waals surface area contributed by atoms with Crippen LogP contribution in [0.3, 0.4) is 0 Å². The highest BCUT2D eigenvalue weighted by Gasteiger charge is 2.25. The molecule has 6 nitrogen and oxygen atoms in total. The third-order valence-corrected chi connectivity index (χ3v) is 6.45. The monoisotopic (exact) mass is 512 g/mol. The van der Waals surface area contributed by atoms with Crippen LogP contribution in [-0.4, -0.2) is 48.4 Å². The van der Waals surface area contributed by atoms with E-state index in [9.17, 15) is 18.4 Å². The Morgan fingerprint density at radius 3 is 2.61 bits per heavy atom. The Balaban J connectivity index is 1.47. The van der Waals surface area contributed by atoms with Crippen molar-refractivity contribution in [3.63, 3.8) is 0 Å².